The van der Waals surface area contributed by atoms with Crippen molar-refractivity contribution in [2.45, 2.75) is 62.6 Å². The number of nitrogens with zero attached hydrogens (tertiary/aromatic N) is 2. The Balaban J connectivity index is 1.44. The van der Waals surface area contributed by atoms with Gasteiger partial charge in [-0.05, 0) is 37.8 Å². The molecular formula is C25H25F4N5O3. The van der Waals surface area contributed by atoms with Crippen molar-refractivity contribution in [1.82, 2.24) is 20.5 Å². The molecule has 4 heterocycles. The lowest BCUT2D eigenvalue weighted by molar-refractivity contribution is -0.179. The Kier molecular flexibility index (Phi) is 6.33. The minimum atomic E-state index is -3.20. The zero-order valence-electron chi connectivity index (χ0n) is 19.6. The van der Waals surface area contributed by atoms with Crippen molar-refractivity contribution < 1.29 is 31.9 Å². The summed E-state index contributed by atoms with van der Waals surface area (Å²) in [5.74, 6) is -7.02. The molecule has 3 aliphatic heterocycles. The second kappa shape index (κ2) is 9.36. The van der Waals surface area contributed by atoms with Crippen molar-refractivity contribution >= 4 is 28.6 Å². The normalized spacial score (nSPS) is 27.2. The van der Waals surface area contributed by atoms with Gasteiger partial charge in [-0.3, -0.25) is 14.4 Å². The van der Waals surface area contributed by atoms with E-state index in [0.29, 0.717) is 13.0 Å². The first-order chi connectivity index (χ1) is 17.6. The predicted octanol–water partition coefficient (Wildman–Crippen LogP) is 3.27. The SMILES string of the molecule is N#C[C@H](C[C@@H]1CCNC1=O)NC(=O)[C@@H]1[C@@H]2CC[C@@H](CC2(F)F)N1C(=O)c1cc2c(C(F)F)cccc2[nH]1. The van der Waals surface area contributed by atoms with Crippen LogP contribution in [0.25, 0.3) is 10.9 Å². The van der Waals surface area contributed by atoms with E-state index in [0.717, 1.165) is 4.90 Å². The van der Waals surface area contributed by atoms with E-state index in [4.69, 9.17) is 0 Å². The highest BCUT2D eigenvalue weighted by Crippen LogP contribution is 2.49. The maximum Gasteiger partial charge on any atom is 0.271 e. The summed E-state index contributed by atoms with van der Waals surface area (Å²) in [6.45, 7) is 0.453. The van der Waals surface area contributed by atoms with E-state index in [1.54, 1.807) is 0 Å². The molecule has 5 atom stereocenters. The van der Waals surface area contributed by atoms with Crippen molar-refractivity contribution in [2.24, 2.45) is 11.8 Å². The first-order valence-corrected chi connectivity index (χ1v) is 12.2. The fraction of sp³-hybridized carbons (Fsp3) is 0.520. The van der Waals surface area contributed by atoms with Gasteiger partial charge in [0.15, 0.2) is 0 Å². The van der Waals surface area contributed by atoms with Crippen LogP contribution in [0.1, 0.15) is 54.6 Å². The molecule has 2 bridgehead atoms. The van der Waals surface area contributed by atoms with Gasteiger partial charge < -0.3 is 20.5 Å². The Labute approximate surface area is 209 Å². The number of carbonyl (C=O) groups is 3. The highest BCUT2D eigenvalue weighted by Gasteiger charge is 2.60. The lowest BCUT2D eigenvalue weighted by atomic mass is 9.71. The number of carbonyl (C=O) groups excluding carboxylic acids is 3. The summed E-state index contributed by atoms with van der Waals surface area (Å²) < 4.78 is 56.8. The van der Waals surface area contributed by atoms with E-state index >= 15 is 0 Å². The molecule has 12 heteroatoms. The Bertz CT molecular complexity index is 1290. The maximum absolute atomic E-state index is 14.9. The lowest BCUT2D eigenvalue weighted by Gasteiger charge is -2.53. The summed E-state index contributed by atoms with van der Waals surface area (Å²) in [5, 5.41) is 14.8. The van der Waals surface area contributed by atoms with Gasteiger partial charge >= 0.3 is 0 Å². The van der Waals surface area contributed by atoms with E-state index in [-0.39, 0.29) is 47.3 Å². The number of fused-ring (bicyclic) bond motifs is 4. The minimum Gasteiger partial charge on any atom is -0.356 e. The molecule has 2 aromatic rings. The van der Waals surface area contributed by atoms with Crippen LogP contribution in [-0.4, -0.2) is 58.2 Å². The highest BCUT2D eigenvalue weighted by molar-refractivity contribution is 6.01. The second-order valence-corrected chi connectivity index (χ2v) is 9.95. The van der Waals surface area contributed by atoms with Crippen molar-refractivity contribution in [2.75, 3.05) is 6.54 Å². The number of nitrogens with one attached hydrogen (secondary N) is 3. The average molecular weight is 519 g/mol. The van der Waals surface area contributed by atoms with Gasteiger partial charge in [-0.15, -0.1) is 0 Å². The molecule has 4 aliphatic rings. The van der Waals surface area contributed by atoms with Crippen LogP contribution in [-0.2, 0) is 9.59 Å². The number of piperidine rings is 2. The fourth-order valence-electron chi connectivity index (χ4n) is 5.98. The first-order valence-electron chi connectivity index (χ1n) is 12.2. The van der Waals surface area contributed by atoms with Crippen LogP contribution >= 0.6 is 0 Å². The predicted molar refractivity (Wildman–Crippen MR) is 123 cm³/mol. The van der Waals surface area contributed by atoms with Gasteiger partial charge in [-0.25, -0.2) is 17.6 Å². The summed E-state index contributed by atoms with van der Waals surface area (Å²) in [4.78, 5) is 42.8. The van der Waals surface area contributed by atoms with Gasteiger partial charge in [0, 0.05) is 41.4 Å². The summed E-state index contributed by atoms with van der Waals surface area (Å²) in [6.07, 6.45) is -2.59. The average Bonchev–Trinajstić information content (AvgIpc) is 3.47. The topological polar surface area (TPSA) is 118 Å². The third kappa shape index (κ3) is 4.40. The van der Waals surface area contributed by atoms with Gasteiger partial charge in [0.05, 0.1) is 12.0 Å². The van der Waals surface area contributed by atoms with Gasteiger partial charge in [0.25, 0.3) is 18.3 Å². The number of alkyl halides is 4. The van der Waals surface area contributed by atoms with Crippen LogP contribution in [0.2, 0.25) is 0 Å². The number of hydrogen-bond acceptors (Lipinski definition) is 4. The molecule has 196 valence electrons. The quantitative estimate of drug-likeness (QED) is 0.508. The van der Waals surface area contributed by atoms with Crippen LogP contribution in [0.3, 0.4) is 0 Å². The molecule has 3 saturated heterocycles. The van der Waals surface area contributed by atoms with Gasteiger partial charge in [-0.1, -0.05) is 12.1 Å². The molecule has 1 aromatic heterocycles. The zero-order chi connectivity index (χ0) is 26.5. The standard InChI is InChI=1S/C25H25F4N5O3/c26-21(27)15-2-1-3-18-16(15)9-19(33-18)24(37)34-14-4-5-17(25(28,29)10-14)20(34)23(36)32-13(11-30)8-12-6-7-31-22(12)35/h1-3,9,12-14,17,20-21,33H,4-8,10H2,(H,31,35)(H,32,36)/t12-,13-,14-,17-,20-/m0/s1. The number of halogens is 4. The summed E-state index contributed by atoms with van der Waals surface area (Å²) >= 11 is 0. The molecule has 3 N–H and O–H groups in total. The molecule has 37 heavy (non-hydrogen) atoms. The third-order valence-corrected chi connectivity index (χ3v) is 7.76. The number of nitriles is 1. The van der Waals surface area contributed by atoms with E-state index in [9.17, 15) is 37.2 Å². The number of benzene rings is 1. The monoisotopic (exact) mass is 519 g/mol. The molecular weight excluding hydrogens is 494 g/mol. The molecule has 1 aromatic carbocycles. The van der Waals surface area contributed by atoms with Gasteiger partial charge in [-0.2, -0.15) is 5.26 Å². The molecule has 4 fully saturated rings. The van der Waals surface area contributed by atoms with Crippen molar-refractivity contribution in [3.05, 3.63) is 35.5 Å². The smallest absolute Gasteiger partial charge is 0.271 e. The summed E-state index contributed by atoms with van der Waals surface area (Å²) in [6, 6.07) is 3.75. The van der Waals surface area contributed by atoms with E-state index in [2.05, 4.69) is 15.6 Å². The Morgan fingerprint density at radius 1 is 1.24 bits per heavy atom. The number of H-pyrrole nitrogens is 1. The zero-order valence-corrected chi connectivity index (χ0v) is 19.6. The Morgan fingerprint density at radius 3 is 2.68 bits per heavy atom. The van der Waals surface area contributed by atoms with Crippen LogP contribution in [0.5, 0.6) is 0 Å². The van der Waals surface area contributed by atoms with E-state index in [1.807, 2.05) is 6.07 Å². The van der Waals surface area contributed by atoms with Crippen molar-refractivity contribution in [1.29, 1.82) is 5.26 Å². The molecule has 0 spiro atoms. The molecule has 8 nitrogen and oxygen atoms in total. The Hall–Kier alpha value is -3.62. The minimum absolute atomic E-state index is 0.0179. The van der Waals surface area contributed by atoms with E-state index < -0.39 is 60.5 Å². The number of rotatable bonds is 6. The third-order valence-electron chi connectivity index (χ3n) is 7.76. The summed E-state index contributed by atoms with van der Waals surface area (Å²) in [5.41, 5.74) is -0.0770. The molecule has 0 unspecified atom stereocenters. The van der Waals surface area contributed by atoms with Gasteiger partial charge in [0.1, 0.15) is 17.8 Å². The largest absolute Gasteiger partial charge is 0.356 e. The number of aromatic amines is 1. The van der Waals surface area contributed by atoms with Crippen LogP contribution < -0.4 is 10.6 Å². The van der Waals surface area contributed by atoms with Gasteiger partial charge in [0.2, 0.25) is 11.8 Å². The van der Waals surface area contributed by atoms with Crippen molar-refractivity contribution in [3.8, 4) is 6.07 Å². The molecule has 6 rings (SSSR count). The molecule has 0 radical (unpaired) electrons. The highest BCUT2D eigenvalue weighted by atomic mass is 19.3. The molecule has 1 aliphatic carbocycles. The van der Waals surface area contributed by atoms with Crippen LogP contribution in [0.15, 0.2) is 24.3 Å². The number of aromatic nitrogens is 1. The number of hydrogen-bond donors (Lipinski definition) is 3. The number of amides is 3. The molecule has 3 amide bonds. The van der Waals surface area contributed by atoms with E-state index in [1.165, 1.54) is 24.3 Å². The fourth-order valence-corrected chi connectivity index (χ4v) is 5.98. The first kappa shape index (κ1) is 25.0. The lowest BCUT2D eigenvalue weighted by Crippen LogP contribution is -2.68. The van der Waals surface area contributed by atoms with Crippen LogP contribution in [0.4, 0.5) is 17.6 Å². The van der Waals surface area contributed by atoms with Crippen molar-refractivity contribution in [3.63, 3.8) is 0 Å². The van der Waals surface area contributed by atoms with Crippen LogP contribution in [0, 0.1) is 23.2 Å². The summed E-state index contributed by atoms with van der Waals surface area (Å²) in [7, 11) is 0. The second-order valence-electron chi connectivity index (χ2n) is 9.95. The maximum atomic E-state index is 14.9. The Morgan fingerprint density at radius 2 is 2.03 bits per heavy atom. The molecule has 1 saturated carbocycles.